The van der Waals surface area contributed by atoms with Crippen LogP contribution in [0.4, 0.5) is 0 Å². The summed E-state index contributed by atoms with van der Waals surface area (Å²) in [4.78, 5) is 16.6. The van der Waals surface area contributed by atoms with Crippen molar-refractivity contribution in [2.75, 3.05) is 20.1 Å². The van der Waals surface area contributed by atoms with Gasteiger partial charge < -0.3 is 20.7 Å². The number of carbonyl (C=O) groups excluding carboxylic acids is 1. The molecule has 162 valence electrons. The van der Waals surface area contributed by atoms with Gasteiger partial charge in [-0.3, -0.25) is 9.79 Å². The summed E-state index contributed by atoms with van der Waals surface area (Å²) in [6.07, 6.45) is 0.828. The minimum absolute atomic E-state index is 0. The van der Waals surface area contributed by atoms with Gasteiger partial charge in [-0.05, 0) is 39.0 Å². The summed E-state index contributed by atoms with van der Waals surface area (Å²) < 4.78 is 6.09. The number of halogens is 1. The number of nitrogens with one attached hydrogen (secondary N) is 3. The van der Waals surface area contributed by atoms with Gasteiger partial charge in [0.1, 0.15) is 11.4 Å². The van der Waals surface area contributed by atoms with Gasteiger partial charge in [-0.25, -0.2) is 0 Å². The van der Waals surface area contributed by atoms with Gasteiger partial charge in [-0.2, -0.15) is 0 Å². The molecule has 2 aromatic carbocycles. The standard InChI is InChI=1S/C23H30N4O2.HI/c1-16-8-7-9-17(14-16)21(28)25-12-13-26-22(24-4)27-19-15-23(2,3)29-20-11-6-5-10-18(19)20;/h5-11,14,19H,12-13,15H2,1-4H3,(H,25,28)(H2,24,26,27);1H. The van der Waals surface area contributed by atoms with Crippen molar-refractivity contribution in [1.29, 1.82) is 0 Å². The lowest BCUT2D eigenvalue weighted by Gasteiger charge is -2.38. The summed E-state index contributed by atoms with van der Waals surface area (Å²) in [6, 6.07) is 15.8. The van der Waals surface area contributed by atoms with Crippen LogP contribution in [0.15, 0.2) is 53.5 Å². The van der Waals surface area contributed by atoms with Crippen molar-refractivity contribution in [1.82, 2.24) is 16.0 Å². The molecule has 1 unspecified atom stereocenters. The smallest absolute Gasteiger partial charge is 0.251 e. The van der Waals surface area contributed by atoms with Crippen molar-refractivity contribution in [2.45, 2.75) is 38.8 Å². The number of guanidine groups is 1. The van der Waals surface area contributed by atoms with Crippen molar-refractivity contribution in [3.8, 4) is 5.75 Å². The van der Waals surface area contributed by atoms with Crippen molar-refractivity contribution >= 4 is 35.8 Å². The monoisotopic (exact) mass is 522 g/mol. The number of hydrogen-bond donors (Lipinski definition) is 3. The van der Waals surface area contributed by atoms with E-state index in [9.17, 15) is 4.79 Å². The second kappa shape index (κ2) is 10.7. The van der Waals surface area contributed by atoms with Crippen LogP contribution in [-0.2, 0) is 0 Å². The van der Waals surface area contributed by atoms with Crippen LogP contribution in [0.3, 0.4) is 0 Å². The highest BCUT2D eigenvalue weighted by Crippen LogP contribution is 2.39. The molecule has 1 aliphatic heterocycles. The van der Waals surface area contributed by atoms with E-state index in [4.69, 9.17) is 4.74 Å². The third kappa shape index (κ3) is 6.35. The maximum atomic E-state index is 12.2. The molecule has 7 heteroatoms. The van der Waals surface area contributed by atoms with Crippen molar-refractivity contribution < 1.29 is 9.53 Å². The quantitative estimate of drug-likeness (QED) is 0.242. The number of nitrogens with zero attached hydrogens (tertiary/aromatic N) is 1. The van der Waals surface area contributed by atoms with Gasteiger partial charge in [-0.15, -0.1) is 24.0 Å². The number of benzene rings is 2. The molecule has 1 heterocycles. The molecule has 6 nitrogen and oxygen atoms in total. The number of aliphatic imine (C=N–C) groups is 1. The average molecular weight is 522 g/mol. The molecule has 30 heavy (non-hydrogen) atoms. The fourth-order valence-corrected chi connectivity index (χ4v) is 3.54. The Morgan fingerprint density at radius 1 is 1.13 bits per heavy atom. The van der Waals surface area contributed by atoms with Gasteiger partial charge in [-0.1, -0.05) is 35.9 Å². The highest BCUT2D eigenvalue weighted by molar-refractivity contribution is 14.0. The van der Waals surface area contributed by atoms with Gasteiger partial charge >= 0.3 is 0 Å². The van der Waals surface area contributed by atoms with Crippen LogP contribution in [0.1, 0.15) is 47.8 Å². The highest BCUT2D eigenvalue weighted by atomic mass is 127. The van der Waals surface area contributed by atoms with Crippen LogP contribution in [-0.4, -0.2) is 37.6 Å². The van der Waals surface area contributed by atoms with E-state index < -0.39 is 0 Å². The molecular formula is C23H31IN4O2. The molecule has 1 amide bonds. The highest BCUT2D eigenvalue weighted by Gasteiger charge is 2.33. The summed E-state index contributed by atoms with van der Waals surface area (Å²) >= 11 is 0. The second-order valence-corrected chi connectivity index (χ2v) is 7.92. The maximum Gasteiger partial charge on any atom is 0.251 e. The maximum absolute atomic E-state index is 12.2. The normalized spacial score (nSPS) is 17.1. The molecule has 3 rings (SSSR count). The van der Waals surface area contributed by atoms with Crippen LogP contribution in [0.5, 0.6) is 5.75 Å². The zero-order valence-corrected chi connectivity index (χ0v) is 20.3. The first-order valence-electron chi connectivity index (χ1n) is 9.98. The van der Waals surface area contributed by atoms with E-state index in [0.29, 0.717) is 24.6 Å². The van der Waals surface area contributed by atoms with Crippen LogP contribution >= 0.6 is 24.0 Å². The molecule has 2 aromatic rings. The number of carbonyl (C=O) groups is 1. The Labute approximate surface area is 195 Å². The number of para-hydroxylation sites is 1. The Balaban J connectivity index is 0.00000320. The average Bonchev–Trinajstić information content (AvgIpc) is 2.69. The molecule has 0 aliphatic carbocycles. The predicted octanol–water partition coefficient (Wildman–Crippen LogP) is 3.81. The number of rotatable bonds is 5. The summed E-state index contributed by atoms with van der Waals surface area (Å²) in [5, 5.41) is 9.70. The molecule has 0 radical (unpaired) electrons. The first kappa shape index (κ1) is 24.0. The molecule has 0 fully saturated rings. The minimum atomic E-state index is -0.257. The van der Waals surface area contributed by atoms with E-state index in [0.717, 1.165) is 23.3 Å². The Hall–Kier alpha value is -2.29. The van der Waals surface area contributed by atoms with Crippen LogP contribution in [0.2, 0.25) is 0 Å². The number of ether oxygens (including phenoxy) is 1. The van der Waals surface area contributed by atoms with Crippen LogP contribution < -0.4 is 20.7 Å². The predicted molar refractivity (Wildman–Crippen MR) is 132 cm³/mol. The molecule has 0 saturated carbocycles. The molecule has 0 saturated heterocycles. The Morgan fingerprint density at radius 3 is 2.60 bits per heavy atom. The Kier molecular flexibility index (Phi) is 8.52. The van der Waals surface area contributed by atoms with E-state index in [1.165, 1.54) is 0 Å². The minimum Gasteiger partial charge on any atom is -0.487 e. The van der Waals surface area contributed by atoms with Crippen LogP contribution in [0, 0.1) is 6.92 Å². The van der Waals surface area contributed by atoms with E-state index in [2.05, 4.69) is 40.9 Å². The van der Waals surface area contributed by atoms with Gasteiger partial charge in [0.2, 0.25) is 0 Å². The lowest BCUT2D eigenvalue weighted by atomic mass is 9.90. The summed E-state index contributed by atoms with van der Waals surface area (Å²) in [6.45, 7) is 7.24. The van der Waals surface area contributed by atoms with Crippen LogP contribution in [0.25, 0.3) is 0 Å². The fraction of sp³-hybridized carbons (Fsp3) is 0.391. The molecule has 0 bridgehead atoms. The summed E-state index contributed by atoms with van der Waals surface area (Å²) in [5.74, 6) is 1.54. The molecule has 0 spiro atoms. The number of amides is 1. The van der Waals surface area contributed by atoms with E-state index in [-0.39, 0.29) is 41.5 Å². The summed E-state index contributed by atoms with van der Waals surface area (Å²) in [7, 11) is 1.75. The van der Waals surface area contributed by atoms with Gasteiger partial charge in [0.05, 0.1) is 6.04 Å². The van der Waals surface area contributed by atoms with Crippen molar-refractivity contribution in [3.63, 3.8) is 0 Å². The SMILES string of the molecule is CN=C(NCCNC(=O)c1cccc(C)c1)NC1CC(C)(C)Oc2ccccc21.I. The van der Waals surface area contributed by atoms with E-state index in [1.807, 2.05) is 49.4 Å². The molecular weight excluding hydrogens is 491 g/mol. The van der Waals surface area contributed by atoms with Gasteiger partial charge in [0.25, 0.3) is 5.91 Å². The van der Waals surface area contributed by atoms with Gasteiger partial charge in [0.15, 0.2) is 5.96 Å². The van der Waals surface area contributed by atoms with Gasteiger partial charge in [0, 0.05) is 37.7 Å². The lowest BCUT2D eigenvalue weighted by molar-refractivity contribution is 0.0694. The zero-order valence-electron chi connectivity index (χ0n) is 18.0. The lowest BCUT2D eigenvalue weighted by Crippen LogP contribution is -2.46. The van der Waals surface area contributed by atoms with Crippen molar-refractivity contribution in [3.05, 3.63) is 65.2 Å². The summed E-state index contributed by atoms with van der Waals surface area (Å²) in [5.41, 5.74) is 2.61. The molecule has 3 N–H and O–H groups in total. The Morgan fingerprint density at radius 2 is 1.87 bits per heavy atom. The zero-order chi connectivity index (χ0) is 20.9. The van der Waals surface area contributed by atoms with Crippen molar-refractivity contribution in [2.24, 2.45) is 4.99 Å². The fourth-order valence-electron chi connectivity index (χ4n) is 3.54. The largest absolute Gasteiger partial charge is 0.487 e. The third-order valence-corrected chi connectivity index (χ3v) is 4.89. The third-order valence-electron chi connectivity index (χ3n) is 4.89. The molecule has 1 aliphatic rings. The molecule has 0 aromatic heterocycles. The first-order valence-corrected chi connectivity index (χ1v) is 9.98. The number of aryl methyl sites for hydroxylation is 1. The topological polar surface area (TPSA) is 74.8 Å². The van der Waals surface area contributed by atoms with E-state index >= 15 is 0 Å². The Bertz CT molecular complexity index is 898. The number of fused-ring (bicyclic) bond motifs is 1. The molecule has 1 atom stereocenters. The number of hydrogen-bond acceptors (Lipinski definition) is 3. The van der Waals surface area contributed by atoms with E-state index in [1.54, 1.807) is 7.05 Å². The second-order valence-electron chi connectivity index (χ2n) is 7.92. The first-order chi connectivity index (χ1) is 13.9.